The molecule has 0 N–H and O–H groups in total. The minimum Gasteiger partial charge on any atom is -0.313 e. The summed E-state index contributed by atoms with van der Waals surface area (Å²) in [5, 5.41) is 2.15. The van der Waals surface area contributed by atoms with Gasteiger partial charge >= 0.3 is 21.1 Å². The van der Waals surface area contributed by atoms with Crippen molar-refractivity contribution >= 4 is 21.8 Å². The molecule has 10 rings (SSSR count). The molecule has 2 aliphatic rings. The van der Waals surface area contributed by atoms with Gasteiger partial charge in [-0.2, -0.15) is 4.39 Å². The first-order valence-corrected chi connectivity index (χ1v) is 18.4. The van der Waals surface area contributed by atoms with Gasteiger partial charge in [0.25, 0.3) is 0 Å². The molecule has 3 nitrogen and oxygen atoms in total. The van der Waals surface area contributed by atoms with E-state index < -0.39 is 11.4 Å². The van der Waals surface area contributed by atoms with Gasteiger partial charge in [0, 0.05) is 10.9 Å². The van der Waals surface area contributed by atoms with Gasteiger partial charge in [0.15, 0.2) is 0 Å². The van der Waals surface area contributed by atoms with Crippen molar-refractivity contribution in [3.8, 4) is 39.5 Å². The quantitative estimate of drug-likeness (QED) is 0.128. The fraction of sp³-hybridized carbons (Fsp3) is 0.184. The molecule has 0 amide bonds. The van der Waals surface area contributed by atoms with E-state index >= 15 is 0 Å². The molecule has 0 atom stereocenters. The van der Waals surface area contributed by atoms with Crippen molar-refractivity contribution in [3.63, 3.8) is 0 Å². The van der Waals surface area contributed by atoms with Crippen molar-refractivity contribution < 1.29 is 25.5 Å². The van der Waals surface area contributed by atoms with Crippen molar-refractivity contribution in [1.82, 2.24) is 14.5 Å². The molecule has 0 saturated carbocycles. The van der Waals surface area contributed by atoms with Gasteiger partial charge in [-0.15, -0.1) is 59.2 Å². The van der Waals surface area contributed by atoms with E-state index in [-0.39, 0.29) is 31.9 Å². The van der Waals surface area contributed by atoms with Crippen LogP contribution in [0.1, 0.15) is 74.9 Å². The van der Waals surface area contributed by atoms with Crippen LogP contribution in [0.25, 0.3) is 61.3 Å². The maximum absolute atomic E-state index is 14.2. The summed E-state index contributed by atoms with van der Waals surface area (Å²) in [6.45, 7) is 13.7. The Kier molecular flexibility index (Phi) is 7.63. The van der Waals surface area contributed by atoms with Gasteiger partial charge in [-0.1, -0.05) is 125 Å². The summed E-state index contributed by atoms with van der Waals surface area (Å²) in [6.07, 6.45) is 0. The molecule has 5 heteroatoms. The largest absolute Gasteiger partial charge is 2.00 e. The van der Waals surface area contributed by atoms with Crippen molar-refractivity contribution in [3.05, 3.63) is 173 Å². The molecule has 0 unspecified atom stereocenters. The molecule has 3 aromatic heterocycles. The van der Waals surface area contributed by atoms with Crippen molar-refractivity contribution in [2.45, 2.75) is 57.8 Å². The third kappa shape index (κ3) is 4.82. The average Bonchev–Trinajstić information content (AvgIpc) is 3.74. The maximum Gasteiger partial charge on any atom is 2.00 e. The Morgan fingerprint density at radius 3 is 2.00 bits per heavy atom. The second-order valence-corrected chi connectivity index (χ2v) is 16.6. The maximum atomic E-state index is 14.2. The van der Waals surface area contributed by atoms with Gasteiger partial charge in [0.2, 0.25) is 5.95 Å². The van der Waals surface area contributed by atoms with Gasteiger partial charge in [0.05, 0.1) is 0 Å². The number of rotatable bonds is 2. The van der Waals surface area contributed by atoms with Crippen molar-refractivity contribution in [1.29, 1.82) is 0 Å². The normalized spacial score (nSPS) is 13.8. The number of para-hydroxylation sites is 1. The van der Waals surface area contributed by atoms with E-state index in [2.05, 4.69) is 154 Å². The van der Waals surface area contributed by atoms with Gasteiger partial charge in [-0.3, -0.25) is 9.97 Å². The Morgan fingerprint density at radius 1 is 0.630 bits per heavy atom. The summed E-state index contributed by atoms with van der Waals surface area (Å²) in [5.74, 6) is 0.278. The van der Waals surface area contributed by atoms with Crippen LogP contribution in [0.5, 0.6) is 0 Å². The summed E-state index contributed by atoms with van der Waals surface area (Å²) in [6, 6.07) is 49.6. The van der Waals surface area contributed by atoms with Gasteiger partial charge < -0.3 is 4.57 Å². The fourth-order valence-electron chi connectivity index (χ4n) is 8.84. The van der Waals surface area contributed by atoms with Crippen LogP contribution in [-0.2, 0) is 37.3 Å². The van der Waals surface area contributed by atoms with Crippen LogP contribution in [0.3, 0.4) is 0 Å². The molecule has 0 saturated heterocycles. The monoisotopic (exact) mass is 882 g/mol. The molecule has 5 aromatic carbocycles. The molecule has 0 aliphatic heterocycles. The number of fused-ring (bicyclic) bond motifs is 13. The fourth-order valence-corrected chi connectivity index (χ4v) is 8.84. The van der Waals surface area contributed by atoms with E-state index in [0.717, 1.165) is 44.4 Å². The number of aromatic nitrogens is 3. The van der Waals surface area contributed by atoms with E-state index in [1.807, 2.05) is 18.2 Å². The molecule has 8 aromatic rings. The SMILES string of the molecule is CC(C)(C)c1ccc2c(c1)-c1cc(C(C)(C)C)ccc1C21c2ccc[c-]c2-c2nc(-n3c4[c-]c(-c5cccc(F)n5)ccc4c4ccccc43)ccc21.[Pt+2]. The molecule has 2 aliphatic carbocycles. The molecular weight excluding hydrogens is 845 g/mol. The van der Waals surface area contributed by atoms with E-state index in [0.29, 0.717) is 5.69 Å². The first-order valence-electron chi connectivity index (χ1n) is 18.4. The second-order valence-electron chi connectivity index (χ2n) is 16.6. The summed E-state index contributed by atoms with van der Waals surface area (Å²) in [5.41, 5.74) is 14.8. The van der Waals surface area contributed by atoms with Crippen molar-refractivity contribution in [2.24, 2.45) is 0 Å². The zero-order chi connectivity index (χ0) is 36.4. The Labute approximate surface area is 330 Å². The van der Waals surface area contributed by atoms with E-state index in [1.165, 1.54) is 50.6 Å². The molecule has 54 heavy (non-hydrogen) atoms. The predicted molar refractivity (Wildman–Crippen MR) is 213 cm³/mol. The smallest absolute Gasteiger partial charge is 0.313 e. The van der Waals surface area contributed by atoms with Crippen LogP contribution in [0.2, 0.25) is 0 Å². The minimum absolute atomic E-state index is 0. The summed E-state index contributed by atoms with van der Waals surface area (Å²) < 4.78 is 16.4. The zero-order valence-electron chi connectivity index (χ0n) is 31.1. The number of hydrogen-bond donors (Lipinski definition) is 0. The molecule has 1 spiro atoms. The van der Waals surface area contributed by atoms with Crippen molar-refractivity contribution in [2.75, 3.05) is 0 Å². The van der Waals surface area contributed by atoms with Gasteiger partial charge in [0.1, 0.15) is 5.82 Å². The Bertz CT molecular complexity index is 2770. The van der Waals surface area contributed by atoms with Crippen LogP contribution in [0.4, 0.5) is 4.39 Å². The Balaban J connectivity index is 0.00000384. The molecule has 3 heterocycles. The second kappa shape index (κ2) is 11.9. The standard InChI is InChI=1S/C49H38FN3.Pt/c1-47(2,3)30-19-22-38-35(27-30)36-28-31(48(4,5)6)20-23-39(36)49(38)37-14-9-7-13-34(37)46-40(49)24-25-45(52-46)53-42-16-10-8-12-32(42)33-21-18-29(26-43(33)53)41-15-11-17-44(50)51-41;/h7-12,14-25,27-28H,1-6H3;/q-2;+2. The number of halogens is 1. The third-order valence-corrected chi connectivity index (χ3v) is 11.5. The third-order valence-electron chi connectivity index (χ3n) is 11.5. The summed E-state index contributed by atoms with van der Waals surface area (Å²) >= 11 is 0. The van der Waals surface area contributed by atoms with Gasteiger partial charge in [-0.25, -0.2) is 0 Å². The summed E-state index contributed by atoms with van der Waals surface area (Å²) in [7, 11) is 0. The minimum atomic E-state index is -0.533. The van der Waals surface area contributed by atoms with E-state index in [9.17, 15) is 4.39 Å². The Hall–Kier alpha value is -5.18. The first-order chi connectivity index (χ1) is 25.4. The van der Waals surface area contributed by atoms with Crippen LogP contribution < -0.4 is 0 Å². The van der Waals surface area contributed by atoms with E-state index in [4.69, 9.17) is 4.98 Å². The van der Waals surface area contributed by atoms with E-state index in [1.54, 1.807) is 6.07 Å². The van der Waals surface area contributed by atoms with Crippen LogP contribution in [0, 0.1) is 18.1 Å². The predicted octanol–water partition coefficient (Wildman–Crippen LogP) is 11.9. The molecule has 266 valence electrons. The average molecular weight is 883 g/mol. The Morgan fingerprint density at radius 2 is 1.31 bits per heavy atom. The molecular formula is C49H38FN3Pt. The number of hydrogen-bond acceptors (Lipinski definition) is 2. The van der Waals surface area contributed by atoms with Gasteiger partial charge in [-0.05, 0) is 84.7 Å². The molecule has 0 bridgehead atoms. The molecule has 0 radical (unpaired) electrons. The number of pyridine rings is 2. The van der Waals surface area contributed by atoms with Crippen LogP contribution >= 0.6 is 0 Å². The van der Waals surface area contributed by atoms with Crippen LogP contribution in [0.15, 0.2) is 121 Å². The number of benzene rings is 5. The molecule has 0 fully saturated rings. The van der Waals surface area contributed by atoms with Crippen LogP contribution in [-0.4, -0.2) is 14.5 Å². The topological polar surface area (TPSA) is 30.7 Å². The summed E-state index contributed by atoms with van der Waals surface area (Å²) in [4.78, 5) is 9.74. The number of nitrogens with zero attached hydrogens (tertiary/aromatic N) is 3. The first kappa shape index (κ1) is 34.6. The zero-order valence-corrected chi connectivity index (χ0v) is 33.4.